The van der Waals surface area contributed by atoms with E-state index in [0.717, 1.165) is 24.2 Å². The monoisotopic (exact) mass is 335 g/mol. The molecule has 0 spiro atoms. The van der Waals surface area contributed by atoms with Crippen LogP contribution in [0.4, 0.5) is 5.69 Å². The Morgan fingerprint density at radius 3 is 2.60 bits per heavy atom. The second-order valence-corrected chi connectivity index (χ2v) is 6.72. The quantitative estimate of drug-likeness (QED) is 0.848. The van der Waals surface area contributed by atoms with Gasteiger partial charge in [-0.15, -0.1) is 0 Å². The number of para-hydroxylation sites is 1. The number of nitrogens with zero attached hydrogens (tertiary/aromatic N) is 3. The van der Waals surface area contributed by atoms with E-state index >= 15 is 0 Å². The maximum absolute atomic E-state index is 12.9. The van der Waals surface area contributed by atoms with Gasteiger partial charge >= 0.3 is 0 Å². The number of anilines is 1. The number of hydrogen-bond donors (Lipinski definition) is 0. The van der Waals surface area contributed by atoms with Gasteiger partial charge in [0.05, 0.1) is 12.1 Å². The third-order valence-electron chi connectivity index (χ3n) is 5.17. The molecule has 0 saturated carbocycles. The van der Waals surface area contributed by atoms with Crippen LogP contribution in [0.25, 0.3) is 0 Å². The van der Waals surface area contributed by atoms with Crippen molar-refractivity contribution in [1.29, 1.82) is 0 Å². The molecule has 25 heavy (non-hydrogen) atoms. The molecule has 0 bridgehead atoms. The average molecular weight is 335 g/mol. The number of pyridine rings is 1. The normalized spacial score (nSPS) is 22.8. The van der Waals surface area contributed by atoms with Crippen LogP contribution in [0.2, 0.25) is 0 Å². The van der Waals surface area contributed by atoms with E-state index in [1.54, 1.807) is 6.07 Å². The molecule has 2 saturated heterocycles. The number of likely N-dealkylation sites (tertiary alicyclic amines) is 1. The number of aromatic nitrogens is 1. The molecule has 2 fully saturated rings. The van der Waals surface area contributed by atoms with Crippen molar-refractivity contribution in [3.8, 4) is 0 Å². The van der Waals surface area contributed by atoms with Crippen LogP contribution in [0.5, 0.6) is 0 Å². The molecule has 0 unspecified atom stereocenters. The van der Waals surface area contributed by atoms with Gasteiger partial charge in [0, 0.05) is 24.3 Å². The summed E-state index contributed by atoms with van der Waals surface area (Å²) < 4.78 is 0. The van der Waals surface area contributed by atoms with Gasteiger partial charge in [-0.1, -0.05) is 24.3 Å². The van der Waals surface area contributed by atoms with Gasteiger partial charge in [-0.25, -0.2) is 4.98 Å². The van der Waals surface area contributed by atoms with E-state index < -0.39 is 0 Å². The van der Waals surface area contributed by atoms with Crippen molar-refractivity contribution >= 4 is 17.5 Å². The molecule has 0 aliphatic carbocycles. The summed E-state index contributed by atoms with van der Waals surface area (Å²) in [5.41, 5.74) is 2.25. The van der Waals surface area contributed by atoms with E-state index in [0.29, 0.717) is 18.7 Å². The minimum Gasteiger partial charge on any atom is -0.332 e. The summed E-state index contributed by atoms with van der Waals surface area (Å²) >= 11 is 0. The summed E-state index contributed by atoms with van der Waals surface area (Å²) in [7, 11) is 0. The third-order valence-corrected chi connectivity index (χ3v) is 5.17. The van der Waals surface area contributed by atoms with Gasteiger partial charge in [-0.3, -0.25) is 9.59 Å². The lowest BCUT2D eigenvalue weighted by Crippen LogP contribution is -2.53. The van der Waals surface area contributed by atoms with Crippen molar-refractivity contribution in [2.45, 2.75) is 38.3 Å². The maximum Gasteiger partial charge on any atom is 0.272 e. The smallest absolute Gasteiger partial charge is 0.272 e. The van der Waals surface area contributed by atoms with E-state index in [-0.39, 0.29) is 23.9 Å². The molecule has 4 rings (SSSR count). The van der Waals surface area contributed by atoms with Crippen molar-refractivity contribution in [3.05, 3.63) is 59.9 Å². The summed E-state index contributed by atoms with van der Waals surface area (Å²) in [5, 5.41) is 0. The van der Waals surface area contributed by atoms with Crippen LogP contribution >= 0.6 is 0 Å². The molecule has 0 N–H and O–H groups in total. The number of fused-ring (bicyclic) bond motifs is 1. The summed E-state index contributed by atoms with van der Waals surface area (Å²) in [6, 6.07) is 15.4. The Bertz CT molecular complexity index is 806. The molecular formula is C20H21N3O2. The van der Waals surface area contributed by atoms with Gasteiger partial charge in [-0.05, 0) is 44.0 Å². The second kappa shape index (κ2) is 6.31. The van der Waals surface area contributed by atoms with Gasteiger partial charge < -0.3 is 9.80 Å². The van der Waals surface area contributed by atoms with Crippen LogP contribution in [0.1, 0.15) is 35.4 Å². The van der Waals surface area contributed by atoms with Crippen LogP contribution in [-0.4, -0.2) is 40.3 Å². The highest BCUT2D eigenvalue weighted by molar-refractivity contribution is 5.97. The molecule has 0 radical (unpaired) electrons. The Balaban J connectivity index is 1.61. The van der Waals surface area contributed by atoms with Crippen molar-refractivity contribution in [2.24, 2.45) is 0 Å². The minimum atomic E-state index is -0.0291. The topological polar surface area (TPSA) is 53.5 Å². The molecule has 2 aliphatic heterocycles. The number of amides is 2. The van der Waals surface area contributed by atoms with Crippen molar-refractivity contribution < 1.29 is 9.59 Å². The van der Waals surface area contributed by atoms with E-state index in [1.807, 2.05) is 59.2 Å². The Labute approximate surface area is 147 Å². The lowest BCUT2D eigenvalue weighted by molar-refractivity contribution is -0.120. The molecule has 2 aromatic rings. The molecule has 2 amide bonds. The number of aryl methyl sites for hydroxylation is 1. The summed E-state index contributed by atoms with van der Waals surface area (Å²) in [4.78, 5) is 33.7. The van der Waals surface area contributed by atoms with Gasteiger partial charge in [0.25, 0.3) is 5.91 Å². The first-order valence-corrected chi connectivity index (χ1v) is 8.77. The summed E-state index contributed by atoms with van der Waals surface area (Å²) in [6.45, 7) is 2.56. The third kappa shape index (κ3) is 2.80. The SMILES string of the molecule is Cc1cccc(C(=O)N2CC[C@H]3[C@@H]2CCC(=O)N3c2ccccc2)n1. The van der Waals surface area contributed by atoms with Crippen molar-refractivity contribution in [3.63, 3.8) is 0 Å². The van der Waals surface area contributed by atoms with Crippen LogP contribution < -0.4 is 4.90 Å². The molecule has 2 atom stereocenters. The van der Waals surface area contributed by atoms with Crippen molar-refractivity contribution in [1.82, 2.24) is 9.88 Å². The number of carbonyl (C=O) groups is 2. The van der Waals surface area contributed by atoms with Crippen LogP contribution in [0.15, 0.2) is 48.5 Å². The Hall–Kier alpha value is -2.69. The lowest BCUT2D eigenvalue weighted by Gasteiger charge is -2.39. The molecule has 5 heteroatoms. The summed E-state index contributed by atoms with van der Waals surface area (Å²) in [6.07, 6.45) is 2.01. The molecule has 5 nitrogen and oxygen atoms in total. The highest BCUT2D eigenvalue weighted by Crippen LogP contribution is 2.35. The van der Waals surface area contributed by atoms with E-state index in [4.69, 9.17) is 0 Å². The average Bonchev–Trinajstić information content (AvgIpc) is 3.05. The van der Waals surface area contributed by atoms with E-state index in [9.17, 15) is 9.59 Å². The number of piperidine rings is 1. The number of hydrogen-bond acceptors (Lipinski definition) is 3. The van der Waals surface area contributed by atoms with Crippen LogP contribution in [-0.2, 0) is 4.79 Å². The van der Waals surface area contributed by atoms with Gasteiger partial charge in [0.2, 0.25) is 5.91 Å². The molecule has 1 aromatic heterocycles. The summed E-state index contributed by atoms with van der Waals surface area (Å²) in [5.74, 6) is 0.119. The first kappa shape index (κ1) is 15.8. The Kier molecular flexibility index (Phi) is 3.99. The zero-order valence-corrected chi connectivity index (χ0v) is 14.3. The fourth-order valence-corrected chi connectivity index (χ4v) is 4.05. The van der Waals surface area contributed by atoms with Gasteiger partial charge in [-0.2, -0.15) is 0 Å². The zero-order chi connectivity index (χ0) is 17.4. The van der Waals surface area contributed by atoms with E-state index in [2.05, 4.69) is 4.98 Å². The molecule has 128 valence electrons. The van der Waals surface area contributed by atoms with E-state index in [1.165, 1.54) is 0 Å². The number of benzene rings is 1. The highest BCUT2D eigenvalue weighted by Gasteiger charge is 2.45. The Morgan fingerprint density at radius 1 is 1.04 bits per heavy atom. The molecule has 1 aromatic carbocycles. The predicted molar refractivity (Wildman–Crippen MR) is 95.4 cm³/mol. The van der Waals surface area contributed by atoms with Crippen molar-refractivity contribution in [2.75, 3.05) is 11.4 Å². The first-order valence-electron chi connectivity index (χ1n) is 8.77. The largest absolute Gasteiger partial charge is 0.332 e. The maximum atomic E-state index is 12.9. The highest BCUT2D eigenvalue weighted by atomic mass is 16.2. The van der Waals surface area contributed by atoms with Gasteiger partial charge in [0.1, 0.15) is 5.69 Å². The second-order valence-electron chi connectivity index (χ2n) is 6.72. The van der Waals surface area contributed by atoms with Crippen LogP contribution in [0, 0.1) is 6.92 Å². The molecule has 2 aliphatic rings. The fraction of sp³-hybridized carbons (Fsp3) is 0.350. The predicted octanol–water partition coefficient (Wildman–Crippen LogP) is 2.80. The molecule has 3 heterocycles. The number of rotatable bonds is 2. The van der Waals surface area contributed by atoms with Crippen LogP contribution in [0.3, 0.4) is 0 Å². The first-order chi connectivity index (χ1) is 12.1. The lowest BCUT2D eigenvalue weighted by atomic mass is 9.95. The fourth-order valence-electron chi connectivity index (χ4n) is 4.05. The standard InChI is InChI=1S/C20H21N3O2/c1-14-6-5-9-16(21-14)20(25)22-13-12-18-17(22)10-11-19(24)23(18)15-7-3-2-4-8-15/h2-9,17-18H,10-13H2,1H3/t17-,18-/m0/s1. The minimum absolute atomic E-state index is 0.0291. The van der Waals surface area contributed by atoms with Gasteiger partial charge in [0.15, 0.2) is 0 Å². The molecular weight excluding hydrogens is 314 g/mol. The Morgan fingerprint density at radius 2 is 1.84 bits per heavy atom. The number of carbonyl (C=O) groups excluding carboxylic acids is 2. The zero-order valence-electron chi connectivity index (χ0n) is 14.3.